The monoisotopic (exact) mass is 265 g/mol. The SMILES string of the molecule is Cc1ccn2ncnc(-n3[nH]c(=O)c4ccccc43)c12. The molecule has 0 saturated heterocycles. The van der Waals surface area contributed by atoms with Gasteiger partial charge in [-0.3, -0.25) is 9.89 Å². The summed E-state index contributed by atoms with van der Waals surface area (Å²) in [6, 6.07) is 9.41. The predicted octanol–water partition coefficient (Wildman–Crippen LogP) is 1.67. The number of aryl methyl sites for hydroxylation is 1. The molecule has 0 aliphatic carbocycles. The molecular formula is C14H11N5O. The second-order valence-corrected chi connectivity index (χ2v) is 4.67. The molecule has 6 heteroatoms. The third kappa shape index (κ3) is 1.36. The molecule has 0 saturated carbocycles. The summed E-state index contributed by atoms with van der Waals surface area (Å²) in [5, 5.41) is 7.66. The zero-order valence-electron chi connectivity index (χ0n) is 10.7. The fraction of sp³-hybridized carbons (Fsp3) is 0.0714. The molecule has 3 aromatic heterocycles. The van der Waals surface area contributed by atoms with Crippen molar-refractivity contribution in [3.05, 3.63) is 58.8 Å². The van der Waals surface area contributed by atoms with Gasteiger partial charge in [0.15, 0.2) is 5.82 Å². The minimum atomic E-state index is -0.124. The summed E-state index contributed by atoms with van der Waals surface area (Å²) in [4.78, 5) is 16.3. The number of aromatic amines is 1. The van der Waals surface area contributed by atoms with Gasteiger partial charge >= 0.3 is 0 Å². The van der Waals surface area contributed by atoms with Crippen LogP contribution in [0.1, 0.15) is 5.56 Å². The molecule has 0 amide bonds. The quantitative estimate of drug-likeness (QED) is 0.569. The topological polar surface area (TPSA) is 68.0 Å². The number of aromatic nitrogens is 5. The second kappa shape index (κ2) is 3.80. The molecule has 0 aliphatic heterocycles. The van der Waals surface area contributed by atoms with Crippen LogP contribution in [-0.2, 0) is 0 Å². The molecule has 0 aliphatic rings. The van der Waals surface area contributed by atoms with E-state index in [1.54, 1.807) is 15.3 Å². The lowest BCUT2D eigenvalue weighted by atomic mass is 10.2. The number of benzene rings is 1. The molecular weight excluding hydrogens is 254 g/mol. The lowest BCUT2D eigenvalue weighted by Gasteiger charge is -2.06. The van der Waals surface area contributed by atoms with Crippen molar-refractivity contribution in [2.45, 2.75) is 6.92 Å². The Morgan fingerprint density at radius 2 is 2.05 bits per heavy atom. The third-order valence-corrected chi connectivity index (χ3v) is 3.45. The van der Waals surface area contributed by atoms with E-state index in [9.17, 15) is 4.79 Å². The lowest BCUT2D eigenvalue weighted by Crippen LogP contribution is -2.08. The molecule has 1 N–H and O–H groups in total. The van der Waals surface area contributed by atoms with E-state index < -0.39 is 0 Å². The molecule has 0 atom stereocenters. The van der Waals surface area contributed by atoms with Crippen molar-refractivity contribution in [3.63, 3.8) is 0 Å². The summed E-state index contributed by atoms with van der Waals surface area (Å²) < 4.78 is 3.46. The summed E-state index contributed by atoms with van der Waals surface area (Å²) in [5.74, 6) is 0.667. The first-order chi connectivity index (χ1) is 9.75. The zero-order valence-corrected chi connectivity index (χ0v) is 10.7. The molecule has 6 nitrogen and oxygen atoms in total. The first-order valence-corrected chi connectivity index (χ1v) is 6.25. The summed E-state index contributed by atoms with van der Waals surface area (Å²) >= 11 is 0. The van der Waals surface area contributed by atoms with E-state index in [2.05, 4.69) is 15.2 Å². The van der Waals surface area contributed by atoms with Crippen molar-refractivity contribution in [2.75, 3.05) is 0 Å². The molecule has 98 valence electrons. The van der Waals surface area contributed by atoms with E-state index in [1.165, 1.54) is 6.33 Å². The van der Waals surface area contributed by atoms with Gasteiger partial charge in [0, 0.05) is 6.20 Å². The standard InChI is InChI=1S/C14H11N5O/c1-9-6-7-18-12(9)13(15-8-16-18)19-11-5-3-2-4-10(11)14(20)17-19/h2-8H,1H3,(H,17,20). The van der Waals surface area contributed by atoms with Gasteiger partial charge in [0.2, 0.25) is 0 Å². The van der Waals surface area contributed by atoms with Crippen LogP contribution < -0.4 is 5.56 Å². The van der Waals surface area contributed by atoms with Gasteiger partial charge < -0.3 is 0 Å². The molecule has 4 rings (SSSR count). The smallest absolute Gasteiger partial charge is 0.267 e. The third-order valence-electron chi connectivity index (χ3n) is 3.45. The molecule has 3 heterocycles. The van der Waals surface area contributed by atoms with Crippen LogP contribution in [0.3, 0.4) is 0 Å². The maximum atomic E-state index is 12.0. The number of hydrogen-bond donors (Lipinski definition) is 1. The lowest BCUT2D eigenvalue weighted by molar-refractivity contribution is 0.817. The van der Waals surface area contributed by atoms with Gasteiger partial charge in [-0.05, 0) is 30.7 Å². The first-order valence-electron chi connectivity index (χ1n) is 6.25. The normalized spacial score (nSPS) is 11.4. The fourth-order valence-electron chi connectivity index (χ4n) is 2.50. The predicted molar refractivity (Wildman–Crippen MR) is 75.2 cm³/mol. The van der Waals surface area contributed by atoms with Gasteiger partial charge in [0.05, 0.1) is 10.9 Å². The second-order valence-electron chi connectivity index (χ2n) is 4.67. The van der Waals surface area contributed by atoms with E-state index in [-0.39, 0.29) is 5.56 Å². The van der Waals surface area contributed by atoms with Gasteiger partial charge in [-0.1, -0.05) is 12.1 Å². The fourth-order valence-corrected chi connectivity index (χ4v) is 2.50. The average Bonchev–Trinajstić information content (AvgIpc) is 3.01. The van der Waals surface area contributed by atoms with Crippen molar-refractivity contribution >= 4 is 16.4 Å². The van der Waals surface area contributed by atoms with Gasteiger partial charge in [0.1, 0.15) is 11.8 Å². The Bertz CT molecular complexity index is 992. The highest BCUT2D eigenvalue weighted by molar-refractivity contribution is 5.81. The molecule has 0 bridgehead atoms. The van der Waals surface area contributed by atoms with Crippen LogP contribution in [0.15, 0.2) is 47.7 Å². The van der Waals surface area contributed by atoms with Gasteiger partial charge in [-0.25, -0.2) is 14.2 Å². The van der Waals surface area contributed by atoms with E-state index in [4.69, 9.17) is 0 Å². The number of fused-ring (bicyclic) bond motifs is 2. The largest absolute Gasteiger partial charge is 0.272 e. The number of nitrogens with zero attached hydrogens (tertiary/aromatic N) is 4. The Morgan fingerprint density at radius 3 is 2.95 bits per heavy atom. The minimum Gasteiger partial charge on any atom is -0.267 e. The summed E-state index contributed by atoms with van der Waals surface area (Å²) in [6.45, 7) is 1.99. The Morgan fingerprint density at radius 1 is 1.20 bits per heavy atom. The van der Waals surface area contributed by atoms with Crippen LogP contribution >= 0.6 is 0 Å². The zero-order chi connectivity index (χ0) is 13.7. The van der Waals surface area contributed by atoms with Crippen molar-refractivity contribution in [2.24, 2.45) is 0 Å². The average molecular weight is 265 g/mol. The van der Waals surface area contributed by atoms with Gasteiger partial charge in [-0.15, -0.1) is 0 Å². The highest BCUT2D eigenvalue weighted by atomic mass is 16.1. The van der Waals surface area contributed by atoms with E-state index in [1.807, 2.05) is 37.4 Å². The molecule has 1 aromatic carbocycles. The van der Waals surface area contributed by atoms with Crippen molar-refractivity contribution in [3.8, 4) is 5.82 Å². The van der Waals surface area contributed by atoms with E-state index in [0.29, 0.717) is 11.2 Å². The number of para-hydroxylation sites is 1. The van der Waals surface area contributed by atoms with E-state index in [0.717, 1.165) is 16.6 Å². The Balaban J connectivity index is 2.17. The summed E-state index contributed by atoms with van der Waals surface area (Å²) in [5.41, 5.74) is 2.61. The van der Waals surface area contributed by atoms with Gasteiger partial charge in [0.25, 0.3) is 5.56 Å². The minimum absolute atomic E-state index is 0.124. The number of hydrogen-bond acceptors (Lipinski definition) is 3. The van der Waals surface area contributed by atoms with Crippen LogP contribution in [0.25, 0.3) is 22.2 Å². The molecule has 4 aromatic rings. The number of rotatable bonds is 1. The van der Waals surface area contributed by atoms with E-state index >= 15 is 0 Å². The van der Waals surface area contributed by atoms with Crippen molar-refractivity contribution in [1.29, 1.82) is 0 Å². The molecule has 0 spiro atoms. The van der Waals surface area contributed by atoms with Crippen LogP contribution in [-0.4, -0.2) is 24.4 Å². The molecule has 0 radical (unpaired) electrons. The van der Waals surface area contributed by atoms with Crippen molar-refractivity contribution < 1.29 is 0 Å². The van der Waals surface area contributed by atoms with Crippen LogP contribution in [0.4, 0.5) is 0 Å². The number of H-pyrrole nitrogens is 1. The highest BCUT2D eigenvalue weighted by Crippen LogP contribution is 2.20. The first kappa shape index (κ1) is 11.0. The Kier molecular flexibility index (Phi) is 2.09. The van der Waals surface area contributed by atoms with Crippen LogP contribution in [0.5, 0.6) is 0 Å². The highest BCUT2D eigenvalue weighted by Gasteiger charge is 2.13. The summed E-state index contributed by atoms with van der Waals surface area (Å²) in [6.07, 6.45) is 3.36. The summed E-state index contributed by atoms with van der Waals surface area (Å²) in [7, 11) is 0. The molecule has 0 unspecified atom stereocenters. The Hall–Kier alpha value is -2.89. The van der Waals surface area contributed by atoms with Crippen LogP contribution in [0.2, 0.25) is 0 Å². The number of nitrogens with one attached hydrogen (secondary N) is 1. The molecule has 20 heavy (non-hydrogen) atoms. The Labute approximate surface area is 113 Å². The van der Waals surface area contributed by atoms with Crippen molar-refractivity contribution in [1.82, 2.24) is 24.4 Å². The maximum Gasteiger partial charge on any atom is 0.272 e. The van der Waals surface area contributed by atoms with Gasteiger partial charge in [-0.2, -0.15) is 5.10 Å². The van der Waals surface area contributed by atoms with Crippen LogP contribution in [0, 0.1) is 6.92 Å². The maximum absolute atomic E-state index is 12.0. The molecule has 0 fully saturated rings.